The molecule has 1 heterocycles. The molecule has 2 rings (SSSR count). The minimum atomic E-state index is 0.00491. The second kappa shape index (κ2) is 6.55. The third kappa shape index (κ3) is 3.59. The first-order valence-electron chi connectivity index (χ1n) is 5.88. The van der Waals surface area contributed by atoms with Crippen LogP contribution in [0.4, 0.5) is 0 Å². The summed E-state index contributed by atoms with van der Waals surface area (Å²) in [6, 6.07) is 9.32. The molecule has 1 amide bonds. The summed E-state index contributed by atoms with van der Waals surface area (Å²) in [6.07, 6.45) is 0. The lowest BCUT2D eigenvalue weighted by atomic mass is 10.2. The van der Waals surface area contributed by atoms with Gasteiger partial charge in [-0.05, 0) is 52.5 Å². The minimum absolute atomic E-state index is 0.00491. The Morgan fingerprint density at radius 2 is 2.21 bits per heavy atom. The average molecular weight is 359 g/mol. The van der Waals surface area contributed by atoms with Crippen LogP contribution in [0, 0.1) is 0 Å². The molecule has 0 saturated carbocycles. The van der Waals surface area contributed by atoms with E-state index < -0.39 is 0 Å². The van der Waals surface area contributed by atoms with Crippen molar-refractivity contribution in [3.05, 3.63) is 55.6 Å². The van der Waals surface area contributed by atoms with Gasteiger partial charge in [-0.25, -0.2) is 0 Å². The number of halogens is 2. The fourth-order valence-electron chi connectivity index (χ4n) is 1.73. The van der Waals surface area contributed by atoms with Crippen molar-refractivity contribution >= 4 is 44.8 Å². The predicted octanol–water partition coefficient (Wildman–Crippen LogP) is 4.83. The van der Waals surface area contributed by atoms with Crippen LogP contribution in [0.15, 0.2) is 40.2 Å². The molecule has 100 valence electrons. The molecule has 5 heteroatoms. The zero-order chi connectivity index (χ0) is 13.8. The van der Waals surface area contributed by atoms with Gasteiger partial charge >= 0.3 is 0 Å². The Kier molecular flexibility index (Phi) is 5.02. The monoisotopic (exact) mass is 357 g/mol. The molecule has 0 N–H and O–H groups in total. The summed E-state index contributed by atoms with van der Waals surface area (Å²) < 4.78 is 0.798. The van der Waals surface area contributed by atoms with Crippen LogP contribution < -0.4 is 0 Å². The van der Waals surface area contributed by atoms with E-state index in [0.717, 1.165) is 4.47 Å². The molecule has 2 aromatic rings. The summed E-state index contributed by atoms with van der Waals surface area (Å²) in [6.45, 7) is 3.29. The Balaban J connectivity index is 2.18. The van der Waals surface area contributed by atoms with Gasteiger partial charge in [-0.1, -0.05) is 17.7 Å². The van der Waals surface area contributed by atoms with Gasteiger partial charge in [0.15, 0.2) is 0 Å². The van der Waals surface area contributed by atoms with Gasteiger partial charge in [-0.2, -0.15) is 0 Å². The van der Waals surface area contributed by atoms with Gasteiger partial charge in [0.2, 0.25) is 0 Å². The van der Waals surface area contributed by atoms with E-state index in [1.165, 1.54) is 4.88 Å². The largest absolute Gasteiger partial charge is 0.334 e. The zero-order valence-electron chi connectivity index (χ0n) is 10.4. The zero-order valence-corrected chi connectivity index (χ0v) is 13.6. The number of hydrogen-bond acceptors (Lipinski definition) is 2. The summed E-state index contributed by atoms with van der Waals surface area (Å²) in [7, 11) is 0. The van der Waals surface area contributed by atoms with Crippen molar-refractivity contribution in [1.82, 2.24) is 4.90 Å². The summed E-state index contributed by atoms with van der Waals surface area (Å²) in [5.74, 6) is 0.00491. The molecule has 1 aromatic heterocycles. The van der Waals surface area contributed by atoms with E-state index in [9.17, 15) is 4.79 Å². The lowest BCUT2D eigenvalue weighted by molar-refractivity contribution is 0.0754. The van der Waals surface area contributed by atoms with Gasteiger partial charge in [0, 0.05) is 21.5 Å². The van der Waals surface area contributed by atoms with Crippen LogP contribution in [-0.4, -0.2) is 17.4 Å². The first-order valence-corrected chi connectivity index (χ1v) is 7.93. The van der Waals surface area contributed by atoms with Crippen LogP contribution >= 0.6 is 38.9 Å². The smallest absolute Gasteiger partial charge is 0.254 e. The molecule has 0 aliphatic rings. The van der Waals surface area contributed by atoms with Gasteiger partial charge in [0.25, 0.3) is 5.91 Å². The standard InChI is InChI=1S/C14H13BrClNOS/c1-2-17(9-11-4-3-7-19-11)14(18)10-5-6-12(15)13(16)8-10/h3-8H,2,9H2,1H3. The third-order valence-corrected chi connectivity index (χ3v) is 4.86. The molecule has 0 bridgehead atoms. The maximum atomic E-state index is 12.4. The number of amides is 1. The molecule has 0 fully saturated rings. The van der Waals surface area contributed by atoms with Gasteiger partial charge in [-0.3, -0.25) is 4.79 Å². The van der Waals surface area contributed by atoms with Crippen LogP contribution in [0.5, 0.6) is 0 Å². The SMILES string of the molecule is CCN(Cc1cccs1)C(=O)c1ccc(Br)c(Cl)c1. The summed E-state index contributed by atoms with van der Waals surface area (Å²) in [5, 5.41) is 2.57. The van der Waals surface area contributed by atoms with Crippen molar-refractivity contribution in [2.75, 3.05) is 6.54 Å². The van der Waals surface area contributed by atoms with Crippen molar-refractivity contribution in [2.45, 2.75) is 13.5 Å². The lowest BCUT2D eigenvalue weighted by Gasteiger charge is -2.20. The highest BCUT2D eigenvalue weighted by atomic mass is 79.9. The van der Waals surface area contributed by atoms with Crippen molar-refractivity contribution in [2.24, 2.45) is 0 Å². The van der Waals surface area contributed by atoms with E-state index in [2.05, 4.69) is 15.9 Å². The second-order valence-corrected chi connectivity index (χ2v) is 6.32. The number of carbonyl (C=O) groups is 1. The van der Waals surface area contributed by atoms with E-state index in [4.69, 9.17) is 11.6 Å². The van der Waals surface area contributed by atoms with E-state index in [1.807, 2.05) is 29.3 Å². The maximum Gasteiger partial charge on any atom is 0.254 e. The van der Waals surface area contributed by atoms with Crippen LogP contribution in [0.2, 0.25) is 5.02 Å². The molecule has 0 spiro atoms. The highest BCUT2D eigenvalue weighted by Gasteiger charge is 2.15. The number of nitrogens with zero attached hydrogens (tertiary/aromatic N) is 1. The number of benzene rings is 1. The van der Waals surface area contributed by atoms with E-state index in [1.54, 1.807) is 29.5 Å². The Hall–Kier alpha value is -0.840. The highest BCUT2D eigenvalue weighted by Crippen LogP contribution is 2.24. The number of carbonyl (C=O) groups excluding carboxylic acids is 1. The fourth-order valence-corrected chi connectivity index (χ4v) is 2.88. The van der Waals surface area contributed by atoms with Crippen LogP contribution in [0.1, 0.15) is 22.2 Å². The predicted molar refractivity (Wildman–Crippen MR) is 83.9 cm³/mol. The molecule has 0 aliphatic carbocycles. The number of thiophene rings is 1. The van der Waals surface area contributed by atoms with Crippen molar-refractivity contribution in [3.8, 4) is 0 Å². The van der Waals surface area contributed by atoms with E-state index in [-0.39, 0.29) is 5.91 Å². The van der Waals surface area contributed by atoms with Crippen LogP contribution in [0.25, 0.3) is 0 Å². The molecular formula is C14H13BrClNOS. The molecule has 0 aliphatic heterocycles. The minimum Gasteiger partial charge on any atom is -0.334 e. The maximum absolute atomic E-state index is 12.4. The van der Waals surface area contributed by atoms with Crippen LogP contribution in [0.3, 0.4) is 0 Å². The number of hydrogen-bond donors (Lipinski definition) is 0. The molecule has 2 nitrogen and oxygen atoms in total. The van der Waals surface area contributed by atoms with E-state index in [0.29, 0.717) is 23.7 Å². The first kappa shape index (κ1) is 14.6. The first-order chi connectivity index (χ1) is 9.11. The Bertz CT molecular complexity index is 571. The molecule has 0 radical (unpaired) electrons. The van der Waals surface area contributed by atoms with Crippen molar-refractivity contribution < 1.29 is 4.79 Å². The second-order valence-electron chi connectivity index (χ2n) is 4.03. The molecule has 19 heavy (non-hydrogen) atoms. The third-order valence-electron chi connectivity index (χ3n) is 2.76. The fraction of sp³-hybridized carbons (Fsp3) is 0.214. The normalized spacial score (nSPS) is 10.5. The molecule has 0 unspecified atom stereocenters. The molecule has 0 atom stereocenters. The van der Waals surface area contributed by atoms with Crippen molar-refractivity contribution in [3.63, 3.8) is 0 Å². The summed E-state index contributed by atoms with van der Waals surface area (Å²) >= 11 is 11.0. The summed E-state index contributed by atoms with van der Waals surface area (Å²) in [5.41, 5.74) is 0.617. The van der Waals surface area contributed by atoms with Gasteiger partial charge in [-0.15, -0.1) is 11.3 Å². The lowest BCUT2D eigenvalue weighted by Crippen LogP contribution is -2.29. The van der Waals surface area contributed by atoms with E-state index >= 15 is 0 Å². The topological polar surface area (TPSA) is 20.3 Å². The van der Waals surface area contributed by atoms with Gasteiger partial charge < -0.3 is 4.90 Å². The van der Waals surface area contributed by atoms with Crippen LogP contribution in [-0.2, 0) is 6.54 Å². The Morgan fingerprint density at radius 1 is 1.42 bits per heavy atom. The van der Waals surface area contributed by atoms with Gasteiger partial charge in [0.05, 0.1) is 11.6 Å². The summed E-state index contributed by atoms with van der Waals surface area (Å²) in [4.78, 5) is 15.4. The number of rotatable bonds is 4. The Labute approximate surface area is 130 Å². The molecule has 0 saturated heterocycles. The Morgan fingerprint density at radius 3 is 2.79 bits per heavy atom. The van der Waals surface area contributed by atoms with Crippen molar-refractivity contribution in [1.29, 1.82) is 0 Å². The quantitative estimate of drug-likeness (QED) is 0.767. The average Bonchev–Trinajstić information content (AvgIpc) is 2.91. The highest BCUT2D eigenvalue weighted by molar-refractivity contribution is 9.10. The molecule has 1 aromatic carbocycles. The molecular weight excluding hydrogens is 346 g/mol. The van der Waals surface area contributed by atoms with Gasteiger partial charge in [0.1, 0.15) is 0 Å².